The number of carbonyl (C=O) groups is 1. The molecular formula is C24H37N3O. The highest BCUT2D eigenvalue weighted by atomic mass is 16.1. The van der Waals surface area contributed by atoms with Crippen molar-refractivity contribution < 1.29 is 4.79 Å². The van der Waals surface area contributed by atoms with Crippen LogP contribution in [-0.2, 0) is 11.3 Å². The Labute approximate surface area is 170 Å². The minimum absolute atomic E-state index is 0.117. The van der Waals surface area contributed by atoms with Crippen LogP contribution in [0.2, 0.25) is 0 Å². The highest BCUT2D eigenvalue weighted by molar-refractivity contribution is 5.92. The zero-order valence-electron chi connectivity index (χ0n) is 18.0. The molecule has 1 aromatic heterocycles. The van der Waals surface area contributed by atoms with Gasteiger partial charge in [-0.3, -0.25) is 4.79 Å². The molecule has 1 atom stereocenters. The van der Waals surface area contributed by atoms with Crippen LogP contribution in [0.5, 0.6) is 0 Å². The lowest BCUT2D eigenvalue weighted by Gasteiger charge is -2.16. The fraction of sp³-hybridized carbons (Fsp3) is 0.583. The van der Waals surface area contributed by atoms with Gasteiger partial charge < -0.3 is 9.88 Å². The number of amides is 1. The number of rotatable bonds is 13. The summed E-state index contributed by atoms with van der Waals surface area (Å²) in [6.07, 6.45) is 11.8. The summed E-state index contributed by atoms with van der Waals surface area (Å²) in [5.41, 5.74) is 2.66. The molecule has 1 unspecified atom stereocenters. The summed E-state index contributed by atoms with van der Waals surface area (Å²) >= 11 is 0. The van der Waals surface area contributed by atoms with Crippen molar-refractivity contribution in [3.8, 4) is 0 Å². The largest absolute Gasteiger partial charge is 0.343 e. The van der Waals surface area contributed by atoms with Crippen LogP contribution in [0.25, 0.3) is 11.0 Å². The minimum atomic E-state index is -0.143. The molecule has 1 amide bonds. The van der Waals surface area contributed by atoms with Crippen molar-refractivity contribution >= 4 is 16.9 Å². The van der Waals surface area contributed by atoms with Crippen molar-refractivity contribution in [1.29, 1.82) is 0 Å². The molecule has 0 saturated heterocycles. The summed E-state index contributed by atoms with van der Waals surface area (Å²) in [4.78, 5) is 16.8. The molecule has 4 heteroatoms. The average molecular weight is 384 g/mol. The molecule has 28 heavy (non-hydrogen) atoms. The van der Waals surface area contributed by atoms with E-state index < -0.39 is 0 Å². The Morgan fingerprint density at radius 2 is 1.68 bits per heavy atom. The standard InChI is InChI=1S/C24H37N3O/c1-5-6-7-8-9-10-11-12-15-18-27-22-17-14-13-16-21(22)26-23(27)20(4)25-24(28)19(2)3/h13-14,16-17,20H,2,5-12,15,18H2,1,3-4H3,(H,25,28). The molecule has 0 aliphatic carbocycles. The Morgan fingerprint density at radius 3 is 2.32 bits per heavy atom. The summed E-state index contributed by atoms with van der Waals surface area (Å²) in [5, 5.41) is 3.01. The minimum Gasteiger partial charge on any atom is -0.343 e. The Morgan fingerprint density at radius 1 is 1.07 bits per heavy atom. The maximum atomic E-state index is 12.0. The van der Waals surface area contributed by atoms with Crippen molar-refractivity contribution in [3.63, 3.8) is 0 Å². The van der Waals surface area contributed by atoms with E-state index in [1.54, 1.807) is 6.92 Å². The van der Waals surface area contributed by atoms with E-state index in [1.165, 1.54) is 51.4 Å². The Bertz CT molecular complexity index is 762. The SMILES string of the molecule is C=C(C)C(=O)NC(C)c1nc2ccccc2n1CCCCCCCCCCC. The molecule has 0 radical (unpaired) electrons. The van der Waals surface area contributed by atoms with Gasteiger partial charge in [-0.25, -0.2) is 4.98 Å². The zero-order chi connectivity index (χ0) is 20.4. The normalized spacial score (nSPS) is 12.2. The highest BCUT2D eigenvalue weighted by Gasteiger charge is 2.18. The van der Waals surface area contributed by atoms with Crippen molar-refractivity contribution in [2.75, 3.05) is 0 Å². The third-order valence-corrected chi connectivity index (χ3v) is 5.29. The zero-order valence-corrected chi connectivity index (χ0v) is 18.0. The third kappa shape index (κ3) is 6.50. The molecule has 0 spiro atoms. The summed E-state index contributed by atoms with van der Waals surface area (Å²) < 4.78 is 2.28. The molecule has 0 aliphatic heterocycles. The van der Waals surface area contributed by atoms with Gasteiger partial charge in [-0.1, -0.05) is 77.0 Å². The monoisotopic (exact) mass is 383 g/mol. The van der Waals surface area contributed by atoms with Crippen LogP contribution in [0.3, 0.4) is 0 Å². The molecule has 2 aromatic rings. The third-order valence-electron chi connectivity index (χ3n) is 5.29. The number of aromatic nitrogens is 2. The number of nitrogens with zero attached hydrogens (tertiary/aromatic N) is 2. The number of hydrogen-bond donors (Lipinski definition) is 1. The smallest absolute Gasteiger partial charge is 0.246 e. The summed E-state index contributed by atoms with van der Waals surface area (Å²) in [5.74, 6) is 0.810. The van der Waals surface area contributed by atoms with E-state index in [0.29, 0.717) is 5.57 Å². The second-order valence-corrected chi connectivity index (χ2v) is 7.91. The Kier molecular flexibility index (Phi) is 9.26. The van der Waals surface area contributed by atoms with Crippen LogP contribution in [0.15, 0.2) is 36.4 Å². The van der Waals surface area contributed by atoms with Gasteiger partial charge in [0.25, 0.3) is 0 Å². The Balaban J connectivity index is 1.93. The summed E-state index contributed by atoms with van der Waals surface area (Å²) in [7, 11) is 0. The lowest BCUT2D eigenvalue weighted by molar-refractivity contribution is -0.118. The van der Waals surface area contributed by atoms with E-state index in [1.807, 2.05) is 19.1 Å². The molecule has 1 N–H and O–H groups in total. The van der Waals surface area contributed by atoms with Crippen molar-refractivity contribution in [2.24, 2.45) is 0 Å². The number of nitrogens with one attached hydrogen (secondary N) is 1. The van der Waals surface area contributed by atoms with Gasteiger partial charge in [-0.05, 0) is 32.4 Å². The average Bonchev–Trinajstić information content (AvgIpc) is 3.05. The molecule has 1 heterocycles. The van der Waals surface area contributed by atoms with Crippen LogP contribution in [0.4, 0.5) is 0 Å². The fourth-order valence-corrected chi connectivity index (χ4v) is 3.62. The maximum Gasteiger partial charge on any atom is 0.246 e. The van der Waals surface area contributed by atoms with E-state index in [2.05, 4.69) is 35.5 Å². The number of aryl methyl sites for hydroxylation is 1. The second kappa shape index (κ2) is 11.7. The Hall–Kier alpha value is -2.10. The van der Waals surface area contributed by atoms with Crippen molar-refractivity contribution in [3.05, 3.63) is 42.2 Å². The number of fused-ring (bicyclic) bond motifs is 1. The first-order valence-electron chi connectivity index (χ1n) is 11.0. The van der Waals surface area contributed by atoms with E-state index in [9.17, 15) is 4.79 Å². The molecule has 0 aliphatic rings. The predicted molar refractivity (Wildman–Crippen MR) is 118 cm³/mol. The molecule has 0 fully saturated rings. The molecule has 0 bridgehead atoms. The predicted octanol–water partition coefficient (Wildman–Crippen LogP) is 6.32. The lowest BCUT2D eigenvalue weighted by atomic mass is 10.1. The van der Waals surface area contributed by atoms with Crippen LogP contribution in [0, 0.1) is 0 Å². The van der Waals surface area contributed by atoms with Crippen LogP contribution < -0.4 is 5.32 Å². The molecule has 2 rings (SSSR count). The second-order valence-electron chi connectivity index (χ2n) is 7.91. The van der Waals surface area contributed by atoms with Gasteiger partial charge in [0.15, 0.2) is 0 Å². The van der Waals surface area contributed by atoms with Gasteiger partial charge in [-0.2, -0.15) is 0 Å². The van der Waals surface area contributed by atoms with Gasteiger partial charge in [-0.15, -0.1) is 0 Å². The fourth-order valence-electron chi connectivity index (χ4n) is 3.62. The number of benzene rings is 1. The summed E-state index contributed by atoms with van der Waals surface area (Å²) in [6.45, 7) is 10.7. The molecule has 154 valence electrons. The number of unbranched alkanes of at least 4 members (excludes halogenated alkanes) is 8. The van der Waals surface area contributed by atoms with Crippen LogP contribution in [0.1, 0.15) is 90.4 Å². The van der Waals surface area contributed by atoms with Gasteiger partial charge in [0.2, 0.25) is 5.91 Å². The highest BCUT2D eigenvalue weighted by Crippen LogP contribution is 2.22. The first-order chi connectivity index (χ1) is 13.5. The van der Waals surface area contributed by atoms with Crippen molar-refractivity contribution in [2.45, 2.75) is 91.1 Å². The quantitative estimate of drug-likeness (QED) is 0.325. The first-order valence-corrected chi connectivity index (χ1v) is 11.0. The number of para-hydroxylation sites is 2. The number of hydrogen-bond acceptors (Lipinski definition) is 2. The molecule has 1 aromatic carbocycles. The summed E-state index contributed by atoms with van der Waals surface area (Å²) in [6, 6.07) is 8.08. The maximum absolute atomic E-state index is 12.0. The molecule has 4 nitrogen and oxygen atoms in total. The van der Waals surface area contributed by atoms with Gasteiger partial charge in [0, 0.05) is 12.1 Å². The van der Waals surface area contributed by atoms with Crippen LogP contribution >= 0.6 is 0 Å². The topological polar surface area (TPSA) is 46.9 Å². The van der Waals surface area contributed by atoms with Crippen molar-refractivity contribution in [1.82, 2.24) is 14.9 Å². The lowest BCUT2D eigenvalue weighted by Crippen LogP contribution is -2.29. The van der Waals surface area contributed by atoms with Crippen LogP contribution in [-0.4, -0.2) is 15.5 Å². The van der Waals surface area contributed by atoms with E-state index in [0.717, 1.165) is 29.8 Å². The van der Waals surface area contributed by atoms with E-state index >= 15 is 0 Å². The van der Waals surface area contributed by atoms with E-state index in [-0.39, 0.29) is 11.9 Å². The number of imidazole rings is 1. The van der Waals surface area contributed by atoms with Gasteiger partial charge in [0.05, 0.1) is 17.1 Å². The van der Waals surface area contributed by atoms with Gasteiger partial charge >= 0.3 is 0 Å². The molecule has 0 saturated carbocycles. The van der Waals surface area contributed by atoms with Gasteiger partial charge in [0.1, 0.15) is 5.82 Å². The number of carbonyl (C=O) groups excluding carboxylic acids is 1. The van der Waals surface area contributed by atoms with E-state index in [4.69, 9.17) is 4.98 Å². The molecular weight excluding hydrogens is 346 g/mol. The first kappa shape index (κ1) is 22.2.